The first kappa shape index (κ1) is 73.3. The number of rotatable bonds is 24. The summed E-state index contributed by atoms with van der Waals surface area (Å²) in [5, 5.41) is 19.5. The highest BCUT2D eigenvalue weighted by Crippen LogP contribution is 2.35. The van der Waals surface area contributed by atoms with Crippen molar-refractivity contribution in [3.63, 3.8) is 0 Å². The average Bonchev–Trinajstić information content (AvgIpc) is 3.63. The van der Waals surface area contributed by atoms with Gasteiger partial charge in [-0.05, 0) is 56.9 Å². The van der Waals surface area contributed by atoms with E-state index in [1.54, 1.807) is 79.9 Å². The topological polar surface area (TPSA) is 607 Å². The highest BCUT2D eigenvalue weighted by molar-refractivity contribution is 5.79. The zero-order chi connectivity index (χ0) is 64.2. The van der Waals surface area contributed by atoms with E-state index in [-0.39, 0.29) is 40.3 Å². The van der Waals surface area contributed by atoms with E-state index in [9.17, 15) is 0 Å². The maximum atomic E-state index is 8.53. The molecule has 31 heteroatoms. The van der Waals surface area contributed by atoms with Gasteiger partial charge in [-0.2, -0.15) is 0 Å². The van der Waals surface area contributed by atoms with Crippen LogP contribution in [-0.2, 0) is 14.2 Å². The number of aliphatic hydroxyl groups excluding tert-OH is 2. The molecule has 6 aromatic carbocycles. The van der Waals surface area contributed by atoms with Crippen molar-refractivity contribution in [3.05, 3.63) is 72.8 Å². The van der Waals surface area contributed by atoms with Gasteiger partial charge in [-0.25, -0.2) is 0 Å². The Bertz CT molecular complexity index is 2760. The van der Waals surface area contributed by atoms with Crippen LogP contribution in [0.2, 0.25) is 0 Å². The molecule has 0 saturated heterocycles. The van der Waals surface area contributed by atoms with Crippen LogP contribution >= 0.6 is 0 Å². The van der Waals surface area contributed by atoms with Crippen molar-refractivity contribution in [1.82, 2.24) is 10.2 Å². The van der Waals surface area contributed by atoms with Gasteiger partial charge in [0.05, 0.1) is 94.8 Å². The van der Waals surface area contributed by atoms with Gasteiger partial charge in [0.1, 0.15) is 67.8 Å². The molecular formula is C54H92N20O11. The Morgan fingerprint density at radius 3 is 1.00 bits per heavy atom. The molecule has 6 rings (SSSR count). The summed E-state index contributed by atoms with van der Waals surface area (Å²) in [7, 11) is 7.06. The maximum absolute atomic E-state index is 8.53. The summed E-state index contributed by atoms with van der Waals surface area (Å²) in [6, 6.07) is 19.3. The Morgan fingerprint density at radius 1 is 0.376 bits per heavy atom. The van der Waals surface area contributed by atoms with Gasteiger partial charge in [0.25, 0.3) is 0 Å². The Morgan fingerprint density at radius 2 is 0.694 bits per heavy atom. The predicted octanol–water partition coefficient (Wildman–Crippen LogP) is 1.95. The number of ether oxygens (including phenoxy) is 9. The van der Waals surface area contributed by atoms with Gasteiger partial charge in [0.15, 0.2) is 6.79 Å². The average molecular weight is 1200 g/mol. The monoisotopic (exact) mass is 1200 g/mol. The van der Waals surface area contributed by atoms with Crippen molar-refractivity contribution in [2.45, 2.75) is 19.8 Å². The van der Waals surface area contributed by atoms with E-state index in [0.29, 0.717) is 163 Å². The van der Waals surface area contributed by atoms with Crippen molar-refractivity contribution < 1.29 is 52.8 Å². The van der Waals surface area contributed by atoms with Gasteiger partial charge in [-0.15, -0.1) is 0 Å². The number of aliphatic hydroxyl groups is 2. The van der Waals surface area contributed by atoms with Crippen molar-refractivity contribution in [3.8, 4) is 34.5 Å². The molecule has 0 radical (unpaired) electrons. The summed E-state index contributed by atoms with van der Waals surface area (Å²) in [6.45, 7) is 5.27. The van der Waals surface area contributed by atoms with Crippen LogP contribution in [0.4, 0.5) is 102 Å². The Hall–Kier alpha value is -9.76. The van der Waals surface area contributed by atoms with Gasteiger partial charge >= 0.3 is 0 Å². The standard InChI is InChI=1S/C10H18N4O.C10H17N3O.C9H15N3O3.C9H15N3O2.C8H14N4O2.C8H13N3O2/c1-14(2)3-4-15-9-6-7(11)5-8(12)10(9)13;1-2-3-4-14-9-6-7(11)5-8(12)10(9)13;1-13-4-14-5-15-8-3-6(10)2-7(11)9(8)12;1-13-2-3-14-8-5-6(10)4-7(11)9(8)12;9-5-1-6(10)8(11)7(2-5)14-4-12-3-13;9-5-3-6(10)8(11)7(4-5)13-2-1-12/h5-6H,3-4,11-13H2,1-2H3;5-6H,2-4,11-13H2,1H3;2-3H,4-5,10-12H2,1H3;4-5H,2-3,10-12H2,1H3;1-2,12-13H,3-4,9-11H2;3-4,12H,1-2,9-11H2. The van der Waals surface area contributed by atoms with Crippen LogP contribution in [0.1, 0.15) is 19.8 Å². The number of hydrogen-bond acceptors (Lipinski definition) is 31. The minimum Gasteiger partial charge on any atom is -0.491 e. The molecule has 0 aliphatic rings. The fraction of sp³-hybridized carbons (Fsp3) is 0.333. The van der Waals surface area contributed by atoms with Crippen molar-refractivity contribution in [2.24, 2.45) is 0 Å². The van der Waals surface area contributed by atoms with E-state index in [1.807, 2.05) is 19.0 Å². The summed E-state index contributed by atoms with van der Waals surface area (Å²) >= 11 is 0. The Kier molecular flexibility index (Phi) is 34.2. The van der Waals surface area contributed by atoms with Crippen LogP contribution in [0, 0.1) is 0 Å². The number of nitrogens with zero attached hydrogens (tertiary/aromatic N) is 1. The molecule has 0 saturated carbocycles. The van der Waals surface area contributed by atoms with Crippen molar-refractivity contribution in [2.75, 3.05) is 205 Å². The second-order valence-electron chi connectivity index (χ2n) is 18.0. The number of likely N-dealkylation sites (N-methyl/N-ethyl adjacent to an activating group) is 1. The predicted molar refractivity (Wildman–Crippen MR) is 347 cm³/mol. The molecule has 31 nitrogen and oxygen atoms in total. The minimum atomic E-state index is -0.169. The fourth-order valence-electron chi connectivity index (χ4n) is 6.19. The zero-order valence-electron chi connectivity index (χ0n) is 49.0. The lowest BCUT2D eigenvalue weighted by molar-refractivity contribution is -0.0833. The molecule has 0 amide bonds. The molecule has 0 fully saturated rings. The summed E-state index contributed by atoms with van der Waals surface area (Å²) in [4.78, 5) is 2.02. The number of nitrogen functional groups attached to an aromatic ring is 18. The third-order valence-electron chi connectivity index (χ3n) is 10.6. The normalized spacial score (nSPS) is 10.2. The van der Waals surface area contributed by atoms with Crippen LogP contribution in [0.15, 0.2) is 72.8 Å². The first-order chi connectivity index (χ1) is 40.2. The lowest BCUT2D eigenvalue weighted by Gasteiger charge is -2.14. The lowest BCUT2D eigenvalue weighted by Crippen LogP contribution is -2.21. The molecule has 0 spiro atoms. The zero-order valence-corrected chi connectivity index (χ0v) is 49.0. The van der Waals surface area contributed by atoms with Crippen LogP contribution in [0.5, 0.6) is 34.5 Å². The van der Waals surface area contributed by atoms with Crippen molar-refractivity contribution in [1.29, 1.82) is 0 Å². The molecule has 6 aromatic rings. The number of methoxy groups -OCH3 is 2. The van der Waals surface area contributed by atoms with Crippen LogP contribution in [0.25, 0.3) is 0 Å². The second kappa shape index (κ2) is 39.6. The highest BCUT2D eigenvalue weighted by atomic mass is 16.7. The fourth-order valence-corrected chi connectivity index (χ4v) is 6.19. The lowest BCUT2D eigenvalue weighted by atomic mass is 10.2. The smallest absolute Gasteiger partial charge is 0.191 e. The van der Waals surface area contributed by atoms with Gasteiger partial charge in [-0.1, -0.05) is 13.3 Å². The van der Waals surface area contributed by atoms with Gasteiger partial charge in [0, 0.05) is 91.3 Å². The van der Waals surface area contributed by atoms with E-state index in [4.69, 9.17) is 151 Å². The molecule has 0 atom stereocenters. The van der Waals surface area contributed by atoms with E-state index in [2.05, 4.69) is 17.0 Å². The molecule has 0 heterocycles. The molecule has 0 bridgehead atoms. The highest BCUT2D eigenvalue weighted by Gasteiger charge is 2.10. The number of nitrogens with one attached hydrogen (secondary N) is 1. The Balaban J connectivity index is 0.000000510. The van der Waals surface area contributed by atoms with E-state index < -0.39 is 0 Å². The molecule has 85 heavy (non-hydrogen) atoms. The van der Waals surface area contributed by atoms with Gasteiger partial charge < -0.3 is 161 Å². The molecule has 0 aliphatic heterocycles. The molecule has 39 N–H and O–H groups in total. The third kappa shape index (κ3) is 28.2. The number of benzene rings is 6. The minimum absolute atomic E-state index is 0.0287. The maximum Gasteiger partial charge on any atom is 0.191 e. The molecule has 0 unspecified atom stereocenters. The molecule has 474 valence electrons. The summed E-state index contributed by atoms with van der Waals surface area (Å²) in [5.74, 6) is 2.85. The largest absolute Gasteiger partial charge is 0.491 e. The first-order valence-electron chi connectivity index (χ1n) is 25.8. The number of nitrogens with two attached hydrogens (primary N) is 18. The SMILES string of the molecule is CCCCOc1cc(N)cc(N)c1N.CN(C)CCOc1cc(N)cc(N)c1N.COCCOc1cc(N)cc(N)c1N.COCOCOc1cc(N)cc(N)c1N.Nc1cc(N)c(N)c(OCCO)c1.Nc1cc(N)c(N)c(OCNCO)c1. The number of unbranched alkanes of at least 4 members (excludes halogenated alkanes) is 1. The van der Waals surface area contributed by atoms with Gasteiger partial charge in [-0.3, -0.25) is 5.32 Å². The molecule has 0 aromatic heterocycles. The van der Waals surface area contributed by atoms with Crippen molar-refractivity contribution >= 4 is 102 Å². The third-order valence-corrected chi connectivity index (χ3v) is 10.6. The van der Waals surface area contributed by atoms with E-state index in [0.717, 1.165) is 19.4 Å². The quantitative estimate of drug-likeness (QED) is 0.0234. The van der Waals surface area contributed by atoms with Crippen LogP contribution in [-0.4, -0.2) is 117 Å². The van der Waals surface area contributed by atoms with E-state index >= 15 is 0 Å². The summed E-state index contributed by atoms with van der Waals surface area (Å²) in [5.41, 5.74) is 109. The molecular weight excluding hydrogens is 1100 g/mol. The van der Waals surface area contributed by atoms with Crippen LogP contribution < -0.4 is 137 Å². The number of hydrogen-bond donors (Lipinski definition) is 21. The van der Waals surface area contributed by atoms with Gasteiger partial charge in [0.2, 0.25) is 0 Å². The molecule has 0 aliphatic carbocycles. The van der Waals surface area contributed by atoms with Crippen LogP contribution in [0.3, 0.4) is 0 Å². The second-order valence-corrected chi connectivity index (χ2v) is 18.0. The number of anilines is 18. The first-order valence-corrected chi connectivity index (χ1v) is 25.8. The summed E-state index contributed by atoms with van der Waals surface area (Å²) in [6.07, 6.45) is 2.08. The Labute approximate surface area is 495 Å². The summed E-state index contributed by atoms with van der Waals surface area (Å²) < 4.78 is 46.2. The van der Waals surface area contributed by atoms with E-state index in [1.165, 1.54) is 7.11 Å².